The summed E-state index contributed by atoms with van der Waals surface area (Å²) in [4.78, 5) is 0. The molecule has 0 heteroatoms. The number of benzene rings is 6. The summed E-state index contributed by atoms with van der Waals surface area (Å²) in [5.74, 6) is 1.10. The topological polar surface area (TPSA) is 0 Å². The van der Waals surface area contributed by atoms with Gasteiger partial charge in [0.1, 0.15) is 0 Å². The van der Waals surface area contributed by atoms with Crippen LogP contribution in [0.3, 0.4) is 0 Å². The second-order valence-corrected chi connectivity index (χ2v) is 11.1. The Morgan fingerprint density at radius 1 is 0.289 bits per heavy atom. The van der Waals surface area contributed by atoms with Gasteiger partial charge in [-0.15, -0.1) is 0 Å². The molecule has 0 saturated carbocycles. The van der Waals surface area contributed by atoms with Gasteiger partial charge in [0.2, 0.25) is 0 Å². The fraction of sp³-hybridized carbons (Fsp3) is 0.158. The summed E-state index contributed by atoms with van der Waals surface area (Å²) in [6.45, 7) is 8.98. The summed E-state index contributed by atoms with van der Waals surface area (Å²) in [6, 6.07) is 45.1. The molecule has 0 spiro atoms. The molecule has 0 aromatic heterocycles. The lowest BCUT2D eigenvalue weighted by Crippen LogP contribution is -1.87. The lowest BCUT2D eigenvalue weighted by Gasteiger charge is -2.10. The Labute approximate surface area is 226 Å². The molecule has 0 nitrogen and oxygen atoms in total. The third kappa shape index (κ3) is 4.75. The minimum absolute atomic E-state index is 0.548. The first-order chi connectivity index (χ1) is 18.4. The van der Waals surface area contributed by atoms with E-state index in [1.807, 2.05) is 0 Å². The van der Waals surface area contributed by atoms with E-state index in [4.69, 9.17) is 0 Å². The van der Waals surface area contributed by atoms with Gasteiger partial charge in [0.25, 0.3) is 0 Å². The zero-order chi connectivity index (χ0) is 26.2. The molecule has 38 heavy (non-hydrogen) atoms. The zero-order valence-corrected chi connectivity index (χ0v) is 22.7. The first-order valence-corrected chi connectivity index (χ1v) is 13.7. The van der Waals surface area contributed by atoms with Crippen LogP contribution in [0, 0.1) is 0 Å². The molecule has 0 aliphatic heterocycles. The standard InChI is InChI=1S/C38H34/c1-25(2)31-13-15-37-23-33(17-19-35(37)21-31)29-9-5-27(6-10-29)28-7-11-30(12-8-28)34-18-20-36-22-32(26(3)4)14-16-38(36)24-34/h5-26H,1-4H3. The summed E-state index contributed by atoms with van der Waals surface area (Å²) < 4.78 is 0. The van der Waals surface area contributed by atoms with Crippen molar-refractivity contribution in [2.75, 3.05) is 0 Å². The van der Waals surface area contributed by atoms with Gasteiger partial charge in [0.05, 0.1) is 0 Å². The smallest absolute Gasteiger partial charge is 0.0178 e. The third-order valence-electron chi connectivity index (χ3n) is 7.83. The Morgan fingerprint density at radius 3 is 0.895 bits per heavy atom. The quantitative estimate of drug-likeness (QED) is 0.225. The minimum Gasteiger partial charge on any atom is -0.0587 e. The van der Waals surface area contributed by atoms with Crippen molar-refractivity contribution in [1.82, 2.24) is 0 Å². The van der Waals surface area contributed by atoms with E-state index in [0.29, 0.717) is 11.8 Å². The van der Waals surface area contributed by atoms with Gasteiger partial charge in [0, 0.05) is 0 Å². The summed E-state index contributed by atoms with van der Waals surface area (Å²) in [7, 11) is 0. The van der Waals surface area contributed by atoms with Crippen LogP contribution in [0.25, 0.3) is 54.9 Å². The highest BCUT2D eigenvalue weighted by molar-refractivity contribution is 5.89. The van der Waals surface area contributed by atoms with Crippen molar-refractivity contribution in [2.24, 2.45) is 0 Å². The molecule has 0 heterocycles. The lowest BCUT2D eigenvalue weighted by atomic mass is 9.94. The van der Waals surface area contributed by atoms with Crippen molar-refractivity contribution in [2.45, 2.75) is 39.5 Å². The van der Waals surface area contributed by atoms with Gasteiger partial charge < -0.3 is 0 Å². The average molecular weight is 491 g/mol. The van der Waals surface area contributed by atoms with Crippen LogP contribution in [0.1, 0.15) is 50.7 Å². The predicted molar refractivity (Wildman–Crippen MR) is 166 cm³/mol. The maximum absolute atomic E-state index is 2.32. The molecule has 0 aliphatic carbocycles. The molecular weight excluding hydrogens is 456 g/mol. The molecule has 0 atom stereocenters. The normalized spacial score (nSPS) is 11.6. The second kappa shape index (κ2) is 9.95. The van der Waals surface area contributed by atoms with Gasteiger partial charge >= 0.3 is 0 Å². The predicted octanol–water partition coefficient (Wildman–Crippen LogP) is 11.2. The first kappa shape index (κ1) is 24.2. The van der Waals surface area contributed by atoms with E-state index in [9.17, 15) is 0 Å². The van der Waals surface area contributed by atoms with E-state index in [1.165, 1.54) is 66.1 Å². The van der Waals surface area contributed by atoms with Crippen LogP contribution in [0.2, 0.25) is 0 Å². The molecule has 0 aliphatic rings. The zero-order valence-electron chi connectivity index (χ0n) is 22.7. The third-order valence-corrected chi connectivity index (χ3v) is 7.83. The number of rotatable bonds is 5. The monoisotopic (exact) mass is 490 g/mol. The van der Waals surface area contributed by atoms with Gasteiger partial charge in [-0.1, -0.05) is 137 Å². The molecule has 0 N–H and O–H groups in total. The highest BCUT2D eigenvalue weighted by Crippen LogP contribution is 2.31. The van der Waals surface area contributed by atoms with Gasteiger partial charge in [-0.2, -0.15) is 0 Å². The van der Waals surface area contributed by atoms with E-state index in [2.05, 4.69) is 149 Å². The highest BCUT2D eigenvalue weighted by Gasteiger charge is 2.07. The fourth-order valence-corrected chi connectivity index (χ4v) is 5.32. The minimum atomic E-state index is 0.548. The molecule has 0 amide bonds. The van der Waals surface area contributed by atoms with E-state index < -0.39 is 0 Å². The second-order valence-electron chi connectivity index (χ2n) is 11.1. The van der Waals surface area contributed by atoms with Crippen molar-refractivity contribution >= 4 is 21.5 Å². The van der Waals surface area contributed by atoms with Gasteiger partial charge in [-0.05, 0) is 90.0 Å². The van der Waals surface area contributed by atoms with Gasteiger partial charge in [0.15, 0.2) is 0 Å². The van der Waals surface area contributed by atoms with Crippen LogP contribution in [0.5, 0.6) is 0 Å². The maximum atomic E-state index is 2.32. The van der Waals surface area contributed by atoms with Crippen LogP contribution in [-0.2, 0) is 0 Å². The Hall–Kier alpha value is -4.16. The summed E-state index contributed by atoms with van der Waals surface area (Å²) in [5, 5.41) is 5.20. The van der Waals surface area contributed by atoms with Gasteiger partial charge in [-0.3, -0.25) is 0 Å². The van der Waals surface area contributed by atoms with Crippen LogP contribution < -0.4 is 0 Å². The fourth-order valence-electron chi connectivity index (χ4n) is 5.32. The molecule has 6 aromatic carbocycles. The van der Waals surface area contributed by atoms with Gasteiger partial charge in [-0.25, -0.2) is 0 Å². The summed E-state index contributed by atoms with van der Waals surface area (Å²) in [5.41, 5.74) is 10.3. The molecule has 0 saturated heterocycles. The van der Waals surface area contributed by atoms with Crippen LogP contribution in [-0.4, -0.2) is 0 Å². The van der Waals surface area contributed by atoms with Crippen molar-refractivity contribution in [3.8, 4) is 33.4 Å². The molecule has 6 rings (SSSR count). The van der Waals surface area contributed by atoms with Crippen molar-refractivity contribution < 1.29 is 0 Å². The van der Waals surface area contributed by atoms with Crippen LogP contribution in [0.15, 0.2) is 121 Å². The Balaban J connectivity index is 1.22. The van der Waals surface area contributed by atoms with Crippen molar-refractivity contribution in [3.63, 3.8) is 0 Å². The Kier molecular flexibility index (Phi) is 6.34. The number of hydrogen-bond acceptors (Lipinski definition) is 0. The molecule has 186 valence electrons. The molecule has 0 unspecified atom stereocenters. The molecule has 6 aromatic rings. The SMILES string of the molecule is CC(C)c1ccc2cc(-c3ccc(-c4ccc(-c5ccc6cc(C(C)C)ccc6c5)cc4)cc3)ccc2c1. The Morgan fingerprint density at radius 2 is 0.553 bits per heavy atom. The van der Waals surface area contributed by atoms with E-state index >= 15 is 0 Å². The summed E-state index contributed by atoms with van der Waals surface area (Å²) >= 11 is 0. The molecule has 0 fully saturated rings. The van der Waals surface area contributed by atoms with Crippen molar-refractivity contribution in [1.29, 1.82) is 0 Å². The number of fused-ring (bicyclic) bond motifs is 2. The highest BCUT2D eigenvalue weighted by atomic mass is 14.1. The maximum Gasteiger partial charge on any atom is -0.0178 e. The van der Waals surface area contributed by atoms with E-state index in [0.717, 1.165) is 0 Å². The van der Waals surface area contributed by atoms with Crippen molar-refractivity contribution in [3.05, 3.63) is 132 Å². The largest absolute Gasteiger partial charge is 0.0587 e. The van der Waals surface area contributed by atoms with E-state index in [-0.39, 0.29) is 0 Å². The first-order valence-electron chi connectivity index (χ1n) is 13.7. The molecular formula is C38H34. The summed E-state index contributed by atoms with van der Waals surface area (Å²) in [6.07, 6.45) is 0. The number of hydrogen-bond donors (Lipinski definition) is 0. The average Bonchev–Trinajstić information content (AvgIpc) is 2.96. The van der Waals surface area contributed by atoms with E-state index in [1.54, 1.807) is 0 Å². The van der Waals surface area contributed by atoms with Crippen LogP contribution in [0.4, 0.5) is 0 Å². The van der Waals surface area contributed by atoms with Crippen LogP contribution >= 0.6 is 0 Å². The Bertz CT molecular complexity index is 1600. The molecule has 0 radical (unpaired) electrons. The molecule has 0 bridgehead atoms. The lowest BCUT2D eigenvalue weighted by molar-refractivity contribution is 0.869.